The van der Waals surface area contributed by atoms with Gasteiger partial charge in [0, 0.05) is 20.9 Å². The third-order valence-electron chi connectivity index (χ3n) is 2.63. The molecule has 0 saturated heterocycles. The molecule has 0 bridgehead atoms. The number of nitrogens with one attached hydrogen (secondary N) is 1. The van der Waals surface area contributed by atoms with Crippen molar-refractivity contribution < 1.29 is 9.18 Å². The zero-order valence-electron chi connectivity index (χ0n) is 10.9. The van der Waals surface area contributed by atoms with E-state index in [1.54, 1.807) is 12.1 Å². The molecule has 0 saturated carbocycles. The standard InChI is InChI=1S/C15H12BrClFNOS/c16-11-2-5-13(6-3-11)19-15(20)9-21-8-10-1-4-12(17)7-14(10)18/h1-7H,8-9H2,(H,19,20). The van der Waals surface area contributed by atoms with Gasteiger partial charge < -0.3 is 5.32 Å². The van der Waals surface area contributed by atoms with E-state index < -0.39 is 0 Å². The second-order valence-corrected chi connectivity index (χ2v) is 6.62. The summed E-state index contributed by atoms with van der Waals surface area (Å²) in [6, 6.07) is 11.9. The van der Waals surface area contributed by atoms with Crippen LogP contribution in [0.15, 0.2) is 46.9 Å². The van der Waals surface area contributed by atoms with Gasteiger partial charge in [0.2, 0.25) is 5.91 Å². The highest BCUT2D eigenvalue weighted by Gasteiger charge is 2.06. The third-order valence-corrected chi connectivity index (χ3v) is 4.38. The van der Waals surface area contributed by atoms with E-state index in [1.165, 1.54) is 17.8 Å². The molecule has 0 fully saturated rings. The van der Waals surface area contributed by atoms with E-state index in [0.29, 0.717) is 16.3 Å². The number of anilines is 1. The number of benzene rings is 2. The molecular weight excluding hydrogens is 377 g/mol. The largest absolute Gasteiger partial charge is 0.325 e. The van der Waals surface area contributed by atoms with Crippen LogP contribution in [0, 0.1) is 5.82 Å². The first-order valence-electron chi connectivity index (χ1n) is 6.11. The summed E-state index contributed by atoms with van der Waals surface area (Å²) >= 11 is 10.4. The number of halogens is 3. The summed E-state index contributed by atoms with van der Waals surface area (Å²) in [4.78, 5) is 11.8. The van der Waals surface area contributed by atoms with Gasteiger partial charge in [-0.05, 0) is 42.0 Å². The normalized spacial score (nSPS) is 10.4. The highest BCUT2D eigenvalue weighted by atomic mass is 79.9. The number of hydrogen-bond donors (Lipinski definition) is 1. The van der Waals surface area contributed by atoms with Crippen molar-refractivity contribution in [3.8, 4) is 0 Å². The van der Waals surface area contributed by atoms with Gasteiger partial charge in [-0.15, -0.1) is 11.8 Å². The van der Waals surface area contributed by atoms with E-state index in [1.807, 2.05) is 24.3 Å². The van der Waals surface area contributed by atoms with Crippen LogP contribution in [0.1, 0.15) is 5.56 Å². The molecule has 2 aromatic carbocycles. The van der Waals surface area contributed by atoms with Gasteiger partial charge in [0.1, 0.15) is 5.82 Å². The first-order valence-corrected chi connectivity index (χ1v) is 8.44. The van der Waals surface area contributed by atoms with Gasteiger partial charge in [0.15, 0.2) is 0 Å². The Balaban J connectivity index is 1.80. The molecular formula is C15H12BrClFNOS. The highest BCUT2D eigenvalue weighted by molar-refractivity contribution is 9.10. The number of thioether (sulfide) groups is 1. The molecule has 2 nitrogen and oxygen atoms in total. The van der Waals surface area contributed by atoms with Crippen LogP contribution in [-0.4, -0.2) is 11.7 Å². The molecule has 1 N–H and O–H groups in total. The molecule has 0 heterocycles. The molecule has 0 aromatic heterocycles. The van der Waals surface area contributed by atoms with Crippen LogP contribution in [-0.2, 0) is 10.5 Å². The van der Waals surface area contributed by atoms with E-state index in [2.05, 4.69) is 21.2 Å². The molecule has 2 aromatic rings. The van der Waals surface area contributed by atoms with E-state index in [4.69, 9.17) is 11.6 Å². The van der Waals surface area contributed by atoms with Crippen molar-refractivity contribution in [1.82, 2.24) is 0 Å². The third kappa shape index (κ3) is 5.34. The monoisotopic (exact) mass is 387 g/mol. The minimum absolute atomic E-state index is 0.114. The van der Waals surface area contributed by atoms with Gasteiger partial charge in [0.05, 0.1) is 5.75 Å². The Bertz CT molecular complexity index is 636. The molecule has 21 heavy (non-hydrogen) atoms. The average Bonchev–Trinajstić information content (AvgIpc) is 2.44. The zero-order chi connectivity index (χ0) is 15.2. The van der Waals surface area contributed by atoms with Crippen LogP contribution in [0.25, 0.3) is 0 Å². The van der Waals surface area contributed by atoms with Crippen LogP contribution >= 0.6 is 39.3 Å². The lowest BCUT2D eigenvalue weighted by molar-refractivity contribution is -0.113. The van der Waals surface area contributed by atoms with Crippen molar-refractivity contribution in [2.45, 2.75) is 5.75 Å². The maximum Gasteiger partial charge on any atom is 0.234 e. The SMILES string of the molecule is O=C(CSCc1ccc(Cl)cc1F)Nc1ccc(Br)cc1. The summed E-state index contributed by atoms with van der Waals surface area (Å²) in [6.07, 6.45) is 0. The van der Waals surface area contributed by atoms with Gasteiger partial charge in [0.25, 0.3) is 0 Å². The summed E-state index contributed by atoms with van der Waals surface area (Å²) in [5.74, 6) is 0.231. The van der Waals surface area contributed by atoms with Crippen LogP contribution in [0.4, 0.5) is 10.1 Å². The summed E-state index contributed by atoms with van der Waals surface area (Å²) in [5.41, 5.74) is 1.28. The highest BCUT2D eigenvalue weighted by Crippen LogP contribution is 2.20. The summed E-state index contributed by atoms with van der Waals surface area (Å²) < 4.78 is 14.5. The molecule has 0 unspecified atom stereocenters. The molecule has 0 radical (unpaired) electrons. The summed E-state index contributed by atoms with van der Waals surface area (Å²) in [5, 5.41) is 3.15. The Labute approximate surface area is 140 Å². The molecule has 0 atom stereocenters. The maximum absolute atomic E-state index is 13.6. The van der Waals surface area contributed by atoms with Crippen molar-refractivity contribution in [1.29, 1.82) is 0 Å². The predicted octanol–water partition coefficient (Wildman–Crippen LogP) is 5.11. The number of carbonyl (C=O) groups is 1. The summed E-state index contributed by atoms with van der Waals surface area (Å²) in [6.45, 7) is 0. The molecule has 6 heteroatoms. The van der Waals surface area contributed by atoms with Crippen LogP contribution in [0.2, 0.25) is 5.02 Å². The van der Waals surface area contributed by atoms with E-state index >= 15 is 0 Å². The number of amides is 1. The molecule has 0 aliphatic carbocycles. The predicted molar refractivity (Wildman–Crippen MR) is 90.3 cm³/mol. The Morgan fingerprint density at radius 3 is 2.62 bits per heavy atom. The van der Waals surface area contributed by atoms with Crippen molar-refractivity contribution >= 4 is 50.9 Å². The second kappa shape index (κ2) is 7.82. The van der Waals surface area contributed by atoms with Gasteiger partial charge in [-0.2, -0.15) is 0 Å². The lowest BCUT2D eigenvalue weighted by atomic mass is 10.2. The van der Waals surface area contributed by atoms with Crippen molar-refractivity contribution in [2.24, 2.45) is 0 Å². The Morgan fingerprint density at radius 1 is 1.24 bits per heavy atom. The fraction of sp³-hybridized carbons (Fsp3) is 0.133. The van der Waals surface area contributed by atoms with Crippen LogP contribution < -0.4 is 5.32 Å². The van der Waals surface area contributed by atoms with Crippen molar-refractivity contribution in [3.63, 3.8) is 0 Å². The number of hydrogen-bond acceptors (Lipinski definition) is 2. The fourth-order valence-corrected chi connectivity index (χ4v) is 2.86. The van der Waals surface area contributed by atoms with Gasteiger partial charge in [-0.1, -0.05) is 33.6 Å². The van der Waals surface area contributed by atoms with E-state index in [9.17, 15) is 9.18 Å². The van der Waals surface area contributed by atoms with Gasteiger partial charge in [-0.3, -0.25) is 4.79 Å². The lowest BCUT2D eigenvalue weighted by Gasteiger charge is -2.06. The Morgan fingerprint density at radius 2 is 1.95 bits per heavy atom. The molecule has 0 aliphatic heterocycles. The lowest BCUT2D eigenvalue weighted by Crippen LogP contribution is -2.14. The van der Waals surface area contributed by atoms with Crippen LogP contribution in [0.5, 0.6) is 0 Å². The van der Waals surface area contributed by atoms with Gasteiger partial charge >= 0.3 is 0 Å². The number of rotatable bonds is 5. The maximum atomic E-state index is 13.6. The topological polar surface area (TPSA) is 29.1 Å². The van der Waals surface area contributed by atoms with E-state index in [0.717, 1.165) is 10.2 Å². The second-order valence-electron chi connectivity index (χ2n) is 4.28. The van der Waals surface area contributed by atoms with Gasteiger partial charge in [-0.25, -0.2) is 4.39 Å². The Hall–Kier alpha value is -1.04. The van der Waals surface area contributed by atoms with E-state index in [-0.39, 0.29) is 17.5 Å². The zero-order valence-corrected chi connectivity index (χ0v) is 14.1. The minimum atomic E-state index is -0.344. The van der Waals surface area contributed by atoms with Crippen molar-refractivity contribution in [3.05, 3.63) is 63.3 Å². The molecule has 1 amide bonds. The Kier molecular flexibility index (Phi) is 6.08. The smallest absolute Gasteiger partial charge is 0.234 e. The molecule has 110 valence electrons. The molecule has 0 aliphatic rings. The number of carbonyl (C=O) groups excluding carboxylic acids is 1. The fourth-order valence-electron chi connectivity index (χ4n) is 1.62. The van der Waals surface area contributed by atoms with Crippen LogP contribution in [0.3, 0.4) is 0 Å². The first kappa shape index (κ1) is 16.3. The quantitative estimate of drug-likeness (QED) is 0.771. The molecule has 0 spiro atoms. The average molecular weight is 389 g/mol. The molecule has 2 rings (SSSR count). The van der Waals surface area contributed by atoms with Crippen molar-refractivity contribution in [2.75, 3.05) is 11.1 Å². The minimum Gasteiger partial charge on any atom is -0.325 e. The summed E-state index contributed by atoms with van der Waals surface area (Å²) in [7, 11) is 0. The first-order chi connectivity index (χ1) is 10.0.